The summed E-state index contributed by atoms with van der Waals surface area (Å²) in [6.45, 7) is 2.37. The zero-order valence-corrected chi connectivity index (χ0v) is 8.53. The normalized spacial score (nSPS) is 9.73. The van der Waals surface area contributed by atoms with Crippen LogP contribution in [0, 0.1) is 0 Å². The highest BCUT2D eigenvalue weighted by molar-refractivity contribution is 5.91. The Morgan fingerprint density at radius 2 is 2.07 bits per heavy atom. The molecule has 0 fully saturated rings. The molecule has 1 amide bonds. The molecule has 15 heavy (non-hydrogen) atoms. The topological polar surface area (TPSA) is 73.6 Å². The molecular formula is C10H14N2O3. The summed E-state index contributed by atoms with van der Waals surface area (Å²) in [6, 6.07) is 7.06. The van der Waals surface area contributed by atoms with E-state index in [0.29, 0.717) is 12.3 Å². The van der Waals surface area contributed by atoms with Crippen LogP contribution in [-0.2, 0) is 9.63 Å². The lowest BCUT2D eigenvalue weighted by Gasteiger charge is -2.06. The molecule has 0 saturated heterocycles. The smallest absolute Gasteiger partial charge is 0.252 e. The van der Waals surface area contributed by atoms with E-state index >= 15 is 0 Å². The van der Waals surface area contributed by atoms with Crippen LogP contribution in [0.15, 0.2) is 24.3 Å². The van der Waals surface area contributed by atoms with Crippen molar-refractivity contribution in [3.8, 4) is 5.75 Å². The van der Waals surface area contributed by atoms with Crippen LogP contribution in [0.2, 0.25) is 0 Å². The second-order valence-corrected chi connectivity index (χ2v) is 2.82. The first-order valence-electron chi connectivity index (χ1n) is 4.60. The summed E-state index contributed by atoms with van der Waals surface area (Å²) in [6.07, 6.45) is 0. The van der Waals surface area contributed by atoms with Gasteiger partial charge in [-0.15, -0.1) is 0 Å². The first-order chi connectivity index (χ1) is 7.26. The van der Waals surface area contributed by atoms with Crippen LogP contribution in [-0.4, -0.2) is 19.1 Å². The predicted molar refractivity (Wildman–Crippen MR) is 56.4 cm³/mol. The molecule has 0 aliphatic rings. The van der Waals surface area contributed by atoms with Crippen LogP contribution in [0.25, 0.3) is 0 Å². The Balaban J connectivity index is 2.52. The van der Waals surface area contributed by atoms with Crippen LogP contribution in [0.1, 0.15) is 6.92 Å². The van der Waals surface area contributed by atoms with E-state index in [-0.39, 0.29) is 12.5 Å². The summed E-state index contributed by atoms with van der Waals surface area (Å²) in [5.74, 6) is 5.24. The number of benzene rings is 1. The van der Waals surface area contributed by atoms with E-state index in [1.54, 1.807) is 24.3 Å². The van der Waals surface area contributed by atoms with E-state index in [2.05, 4.69) is 10.2 Å². The van der Waals surface area contributed by atoms with Gasteiger partial charge in [0.15, 0.2) is 0 Å². The third-order valence-corrected chi connectivity index (χ3v) is 1.66. The van der Waals surface area contributed by atoms with Crippen molar-refractivity contribution in [2.45, 2.75) is 6.92 Å². The molecule has 5 heteroatoms. The number of anilines is 1. The summed E-state index contributed by atoms with van der Waals surface area (Å²) in [5, 5.41) is 2.61. The highest BCUT2D eigenvalue weighted by Gasteiger charge is 2.01. The number of nitrogens with one attached hydrogen (secondary N) is 1. The zero-order chi connectivity index (χ0) is 11.1. The molecule has 0 bridgehead atoms. The second kappa shape index (κ2) is 6.00. The maximum atomic E-state index is 11.1. The number of rotatable bonds is 5. The van der Waals surface area contributed by atoms with E-state index in [1.165, 1.54) is 0 Å². The number of amides is 1. The quantitative estimate of drug-likeness (QED) is 0.708. The minimum Gasteiger partial charge on any atom is -0.494 e. The minimum atomic E-state index is -0.290. The van der Waals surface area contributed by atoms with Crippen molar-refractivity contribution in [1.82, 2.24) is 0 Å². The monoisotopic (exact) mass is 210 g/mol. The van der Waals surface area contributed by atoms with Gasteiger partial charge in [0.25, 0.3) is 5.91 Å². The van der Waals surface area contributed by atoms with E-state index in [4.69, 9.17) is 10.6 Å². The van der Waals surface area contributed by atoms with Gasteiger partial charge in [-0.05, 0) is 31.2 Å². The molecule has 0 heterocycles. The Morgan fingerprint density at radius 3 is 2.60 bits per heavy atom. The molecule has 0 aromatic heterocycles. The number of ether oxygens (including phenoxy) is 1. The number of hydrogen-bond acceptors (Lipinski definition) is 4. The van der Waals surface area contributed by atoms with Crippen molar-refractivity contribution in [3.05, 3.63) is 24.3 Å². The highest BCUT2D eigenvalue weighted by atomic mass is 16.6. The summed E-state index contributed by atoms with van der Waals surface area (Å²) < 4.78 is 5.26. The lowest BCUT2D eigenvalue weighted by molar-refractivity contribution is -0.120. The van der Waals surface area contributed by atoms with Crippen LogP contribution in [0.5, 0.6) is 5.75 Å². The molecule has 5 nitrogen and oxygen atoms in total. The van der Waals surface area contributed by atoms with Crippen molar-refractivity contribution in [3.63, 3.8) is 0 Å². The van der Waals surface area contributed by atoms with E-state index in [0.717, 1.165) is 5.75 Å². The number of hydrogen-bond donors (Lipinski definition) is 2. The molecule has 0 unspecified atom stereocenters. The maximum absolute atomic E-state index is 11.1. The summed E-state index contributed by atoms with van der Waals surface area (Å²) in [5.41, 5.74) is 0.681. The zero-order valence-electron chi connectivity index (χ0n) is 8.53. The lowest BCUT2D eigenvalue weighted by Crippen LogP contribution is -2.20. The van der Waals surface area contributed by atoms with Crippen LogP contribution in [0.4, 0.5) is 5.69 Å². The Kier molecular flexibility index (Phi) is 4.59. The molecule has 0 saturated carbocycles. The molecule has 3 N–H and O–H groups in total. The fourth-order valence-corrected chi connectivity index (χ4v) is 1.07. The Bertz CT molecular complexity index is 311. The molecule has 1 aromatic rings. The van der Waals surface area contributed by atoms with Gasteiger partial charge >= 0.3 is 0 Å². The molecule has 1 aromatic carbocycles. The third kappa shape index (κ3) is 3.97. The summed E-state index contributed by atoms with van der Waals surface area (Å²) >= 11 is 0. The molecule has 0 atom stereocenters. The van der Waals surface area contributed by atoms with E-state index < -0.39 is 0 Å². The Hall–Kier alpha value is -1.59. The van der Waals surface area contributed by atoms with Crippen LogP contribution in [0.3, 0.4) is 0 Å². The first kappa shape index (κ1) is 11.5. The lowest BCUT2D eigenvalue weighted by atomic mass is 10.3. The summed E-state index contributed by atoms with van der Waals surface area (Å²) in [7, 11) is 0. The SMILES string of the molecule is CCOc1ccc(NC(=O)CON)cc1. The fraction of sp³-hybridized carbons (Fsp3) is 0.300. The molecule has 0 aliphatic carbocycles. The van der Waals surface area contributed by atoms with Crippen molar-refractivity contribution in [2.24, 2.45) is 5.90 Å². The summed E-state index contributed by atoms with van der Waals surface area (Å²) in [4.78, 5) is 15.3. The van der Waals surface area contributed by atoms with Crippen LogP contribution >= 0.6 is 0 Å². The number of carbonyl (C=O) groups excluding carboxylic acids is 1. The van der Waals surface area contributed by atoms with Crippen molar-refractivity contribution in [1.29, 1.82) is 0 Å². The fourth-order valence-electron chi connectivity index (χ4n) is 1.07. The minimum absolute atomic E-state index is 0.160. The van der Waals surface area contributed by atoms with Crippen LogP contribution < -0.4 is 16.0 Å². The Morgan fingerprint density at radius 1 is 1.40 bits per heavy atom. The molecule has 1 rings (SSSR count). The number of nitrogens with two attached hydrogens (primary N) is 1. The molecular weight excluding hydrogens is 196 g/mol. The van der Waals surface area contributed by atoms with Gasteiger partial charge in [0.1, 0.15) is 12.4 Å². The van der Waals surface area contributed by atoms with E-state index in [9.17, 15) is 4.79 Å². The largest absolute Gasteiger partial charge is 0.494 e. The van der Waals surface area contributed by atoms with E-state index in [1.807, 2.05) is 6.92 Å². The molecule has 82 valence electrons. The number of carbonyl (C=O) groups is 1. The first-order valence-corrected chi connectivity index (χ1v) is 4.60. The molecule has 0 radical (unpaired) electrons. The Labute approximate surface area is 88.1 Å². The predicted octanol–water partition coefficient (Wildman–Crippen LogP) is 0.914. The van der Waals surface area contributed by atoms with Crippen molar-refractivity contribution in [2.75, 3.05) is 18.5 Å². The second-order valence-electron chi connectivity index (χ2n) is 2.82. The van der Waals surface area contributed by atoms with Gasteiger partial charge in [-0.1, -0.05) is 0 Å². The molecule has 0 spiro atoms. The highest BCUT2D eigenvalue weighted by Crippen LogP contribution is 2.15. The van der Waals surface area contributed by atoms with Gasteiger partial charge in [-0.2, -0.15) is 0 Å². The molecule has 0 aliphatic heterocycles. The maximum Gasteiger partial charge on any atom is 0.252 e. The van der Waals surface area contributed by atoms with Gasteiger partial charge in [0, 0.05) is 5.69 Å². The average Bonchev–Trinajstić information content (AvgIpc) is 2.22. The van der Waals surface area contributed by atoms with Gasteiger partial charge in [0.05, 0.1) is 6.61 Å². The average molecular weight is 210 g/mol. The van der Waals surface area contributed by atoms with Crippen molar-refractivity contribution < 1.29 is 14.4 Å². The van der Waals surface area contributed by atoms with Gasteiger partial charge in [-0.3, -0.25) is 9.63 Å². The van der Waals surface area contributed by atoms with Gasteiger partial charge in [-0.25, -0.2) is 5.90 Å². The van der Waals surface area contributed by atoms with Gasteiger partial charge < -0.3 is 10.1 Å². The standard InChI is InChI=1S/C10H14N2O3/c1-2-14-9-5-3-8(4-6-9)12-10(13)7-15-11/h3-6H,2,7,11H2,1H3,(H,12,13). The van der Waals surface area contributed by atoms with Crippen molar-refractivity contribution >= 4 is 11.6 Å². The van der Waals surface area contributed by atoms with Gasteiger partial charge in [0.2, 0.25) is 0 Å². The third-order valence-electron chi connectivity index (χ3n) is 1.66.